The summed E-state index contributed by atoms with van der Waals surface area (Å²) in [6.07, 6.45) is -0.476. The minimum atomic E-state index is -1.40. The van der Waals surface area contributed by atoms with E-state index in [1.807, 2.05) is 0 Å². The van der Waals surface area contributed by atoms with Gasteiger partial charge in [-0.1, -0.05) is 0 Å². The predicted molar refractivity (Wildman–Crippen MR) is 66.5 cm³/mol. The number of amides is 1. The third-order valence-electron chi connectivity index (χ3n) is 2.39. The fourth-order valence-electron chi connectivity index (χ4n) is 1.43. The molecule has 0 saturated heterocycles. The molecule has 108 valence electrons. The van der Waals surface area contributed by atoms with Gasteiger partial charge in [-0.2, -0.15) is 0 Å². The first-order valence-corrected chi connectivity index (χ1v) is 5.89. The highest BCUT2D eigenvalue weighted by Gasteiger charge is 2.24. The van der Waals surface area contributed by atoms with Gasteiger partial charge in [0.25, 0.3) is 5.91 Å². The first-order chi connectivity index (χ1) is 9.43. The Labute approximate surface area is 114 Å². The second-order valence-electron chi connectivity index (χ2n) is 3.88. The monoisotopic (exact) mass is 283 g/mol. The van der Waals surface area contributed by atoms with Crippen molar-refractivity contribution < 1.29 is 28.6 Å². The Morgan fingerprint density at radius 3 is 2.40 bits per heavy atom. The largest absolute Gasteiger partial charge is 0.480 e. The summed E-state index contributed by atoms with van der Waals surface area (Å²) < 4.78 is 17.3. The molecule has 0 radical (unpaired) electrons. The molecule has 0 aliphatic heterocycles. The first-order valence-electron chi connectivity index (χ1n) is 5.89. The number of benzene rings is 1. The number of aliphatic carboxylic acids is 1. The number of hydrogen-bond donors (Lipinski definition) is 2. The van der Waals surface area contributed by atoms with Gasteiger partial charge in [0.15, 0.2) is 0 Å². The zero-order chi connectivity index (χ0) is 15.1. The van der Waals surface area contributed by atoms with Crippen LogP contribution in [0.4, 0.5) is 4.39 Å². The number of esters is 1. The van der Waals surface area contributed by atoms with E-state index in [0.717, 1.165) is 12.1 Å². The number of ether oxygens (including phenoxy) is 1. The van der Waals surface area contributed by atoms with E-state index < -0.39 is 36.1 Å². The molecule has 0 aromatic heterocycles. The molecule has 1 amide bonds. The number of nitrogens with one attached hydrogen (secondary N) is 1. The van der Waals surface area contributed by atoms with Crippen molar-refractivity contribution in [2.24, 2.45) is 0 Å². The smallest absolute Gasteiger partial charge is 0.326 e. The van der Waals surface area contributed by atoms with Gasteiger partial charge < -0.3 is 15.2 Å². The molecule has 0 saturated carbocycles. The lowest BCUT2D eigenvalue weighted by Crippen LogP contribution is -2.42. The summed E-state index contributed by atoms with van der Waals surface area (Å²) in [6, 6.07) is 3.19. The summed E-state index contributed by atoms with van der Waals surface area (Å²) >= 11 is 0. The van der Waals surface area contributed by atoms with Crippen LogP contribution in [0, 0.1) is 5.82 Å². The number of carboxylic acids is 1. The van der Waals surface area contributed by atoms with Gasteiger partial charge in [0, 0.05) is 5.56 Å². The zero-order valence-corrected chi connectivity index (χ0v) is 10.8. The maximum atomic E-state index is 12.7. The molecular formula is C13H14FNO5. The Hall–Kier alpha value is -2.44. The van der Waals surface area contributed by atoms with Crippen LogP contribution in [-0.4, -0.2) is 35.6 Å². The highest BCUT2D eigenvalue weighted by atomic mass is 19.1. The van der Waals surface area contributed by atoms with Crippen molar-refractivity contribution in [2.45, 2.75) is 19.4 Å². The molecule has 1 aromatic rings. The highest BCUT2D eigenvalue weighted by molar-refractivity contribution is 5.97. The van der Waals surface area contributed by atoms with Gasteiger partial charge in [0.2, 0.25) is 0 Å². The molecule has 1 aromatic carbocycles. The molecule has 0 spiro atoms. The molecule has 0 heterocycles. The van der Waals surface area contributed by atoms with E-state index in [0.29, 0.717) is 0 Å². The van der Waals surface area contributed by atoms with E-state index in [9.17, 15) is 18.8 Å². The lowest BCUT2D eigenvalue weighted by Gasteiger charge is -2.13. The van der Waals surface area contributed by atoms with E-state index in [4.69, 9.17) is 5.11 Å². The maximum Gasteiger partial charge on any atom is 0.326 e. The van der Waals surface area contributed by atoms with Crippen molar-refractivity contribution in [3.8, 4) is 0 Å². The van der Waals surface area contributed by atoms with Crippen molar-refractivity contribution in [3.63, 3.8) is 0 Å². The molecule has 20 heavy (non-hydrogen) atoms. The van der Waals surface area contributed by atoms with Gasteiger partial charge in [-0.3, -0.25) is 9.59 Å². The minimum Gasteiger partial charge on any atom is -0.480 e. The van der Waals surface area contributed by atoms with Crippen LogP contribution in [0.1, 0.15) is 23.7 Å². The van der Waals surface area contributed by atoms with E-state index in [-0.39, 0.29) is 12.2 Å². The van der Waals surface area contributed by atoms with Crippen molar-refractivity contribution in [3.05, 3.63) is 35.6 Å². The summed E-state index contributed by atoms with van der Waals surface area (Å²) in [5, 5.41) is 11.1. The number of carbonyl (C=O) groups is 3. The molecule has 0 bridgehead atoms. The Balaban J connectivity index is 2.70. The molecule has 6 nitrogen and oxygen atoms in total. The zero-order valence-electron chi connectivity index (χ0n) is 10.8. The predicted octanol–water partition coefficient (Wildman–Crippen LogP) is 0.962. The third-order valence-corrected chi connectivity index (χ3v) is 2.39. The highest BCUT2D eigenvalue weighted by Crippen LogP contribution is 2.04. The van der Waals surface area contributed by atoms with E-state index in [1.54, 1.807) is 6.92 Å². The first kappa shape index (κ1) is 15.6. The Morgan fingerprint density at radius 1 is 1.30 bits per heavy atom. The Bertz CT molecular complexity index is 500. The van der Waals surface area contributed by atoms with Gasteiger partial charge in [-0.05, 0) is 31.2 Å². The van der Waals surface area contributed by atoms with Gasteiger partial charge in [0.05, 0.1) is 13.0 Å². The lowest BCUT2D eigenvalue weighted by atomic mass is 10.1. The Kier molecular flexibility index (Phi) is 5.64. The topological polar surface area (TPSA) is 92.7 Å². The third kappa shape index (κ3) is 4.68. The van der Waals surface area contributed by atoms with Crippen LogP contribution in [0.2, 0.25) is 0 Å². The van der Waals surface area contributed by atoms with Crippen LogP contribution in [0.5, 0.6) is 0 Å². The van der Waals surface area contributed by atoms with Crippen molar-refractivity contribution in [1.29, 1.82) is 0 Å². The van der Waals surface area contributed by atoms with Crippen LogP contribution in [0.15, 0.2) is 24.3 Å². The van der Waals surface area contributed by atoms with Crippen LogP contribution in [0.25, 0.3) is 0 Å². The molecular weight excluding hydrogens is 269 g/mol. The molecule has 0 fully saturated rings. The quantitative estimate of drug-likeness (QED) is 0.759. The minimum absolute atomic E-state index is 0.0986. The molecule has 0 aliphatic carbocycles. The van der Waals surface area contributed by atoms with Crippen LogP contribution >= 0.6 is 0 Å². The van der Waals surface area contributed by atoms with Gasteiger partial charge >= 0.3 is 11.9 Å². The van der Waals surface area contributed by atoms with Gasteiger partial charge in [-0.25, -0.2) is 9.18 Å². The van der Waals surface area contributed by atoms with E-state index in [2.05, 4.69) is 10.1 Å². The number of halogens is 1. The van der Waals surface area contributed by atoms with Crippen molar-refractivity contribution >= 4 is 17.8 Å². The van der Waals surface area contributed by atoms with Crippen LogP contribution in [-0.2, 0) is 14.3 Å². The van der Waals surface area contributed by atoms with Gasteiger partial charge in [0.1, 0.15) is 11.9 Å². The second kappa shape index (κ2) is 7.22. The van der Waals surface area contributed by atoms with E-state index >= 15 is 0 Å². The van der Waals surface area contributed by atoms with Crippen molar-refractivity contribution in [2.75, 3.05) is 6.61 Å². The number of carbonyl (C=O) groups excluding carboxylic acids is 2. The molecule has 1 atom stereocenters. The van der Waals surface area contributed by atoms with E-state index in [1.165, 1.54) is 12.1 Å². The molecule has 0 aliphatic rings. The van der Waals surface area contributed by atoms with Crippen LogP contribution in [0.3, 0.4) is 0 Å². The fourth-order valence-corrected chi connectivity index (χ4v) is 1.43. The maximum absolute atomic E-state index is 12.7. The average Bonchev–Trinajstić information content (AvgIpc) is 2.38. The summed E-state index contributed by atoms with van der Waals surface area (Å²) in [5.41, 5.74) is 0.0986. The Morgan fingerprint density at radius 2 is 1.90 bits per heavy atom. The molecule has 1 rings (SSSR count). The standard InChI is InChI=1S/C13H14FNO5/c1-2-20-11(16)7-10(13(18)19)15-12(17)8-3-5-9(14)6-4-8/h3-6,10H,2,7H2,1H3,(H,15,17)(H,18,19)/t10-/m0/s1. The van der Waals surface area contributed by atoms with Gasteiger partial charge in [-0.15, -0.1) is 0 Å². The average molecular weight is 283 g/mol. The lowest BCUT2D eigenvalue weighted by molar-refractivity contribution is -0.149. The fraction of sp³-hybridized carbons (Fsp3) is 0.308. The summed E-state index contributed by atoms with van der Waals surface area (Å²) in [7, 11) is 0. The van der Waals surface area contributed by atoms with Crippen molar-refractivity contribution in [1.82, 2.24) is 5.32 Å². The number of rotatable bonds is 6. The normalized spacial score (nSPS) is 11.5. The molecule has 2 N–H and O–H groups in total. The molecule has 0 unspecified atom stereocenters. The molecule has 7 heteroatoms. The summed E-state index contributed by atoms with van der Waals surface area (Å²) in [5.74, 6) is -3.29. The second-order valence-corrected chi connectivity index (χ2v) is 3.88. The number of carboxylic acid groups (broad SMARTS) is 1. The number of hydrogen-bond acceptors (Lipinski definition) is 4. The summed E-state index contributed by atoms with van der Waals surface area (Å²) in [6.45, 7) is 1.71. The van der Waals surface area contributed by atoms with Crippen LogP contribution < -0.4 is 5.32 Å². The SMILES string of the molecule is CCOC(=O)C[C@H](NC(=O)c1ccc(F)cc1)C(=O)O. The summed E-state index contributed by atoms with van der Waals surface area (Å²) in [4.78, 5) is 34.0.